The van der Waals surface area contributed by atoms with Crippen LogP contribution in [0.4, 0.5) is 0 Å². The number of nitrogens with one attached hydrogen (secondary N) is 8. The maximum Gasteiger partial charge on any atom is 0.326 e. The average molecular weight is 1180 g/mol. The monoisotopic (exact) mass is 1180 g/mol. The summed E-state index contributed by atoms with van der Waals surface area (Å²) in [5.74, 6) is -16.9. The first kappa shape index (κ1) is 72.7. The Morgan fingerprint density at radius 1 is 0.542 bits per heavy atom. The van der Waals surface area contributed by atoms with Crippen LogP contribution in [0.5, 0.6) is 0 Å². The standard InChI is InChI=1S/C49H85N17O17/c1-4-24(2)38(65-43(77)28(13-9-19-57-49(55)56)59-39(73)25(3)58-41(75)27(11-5-7-17-50)60-40(74)26(52)21-34(53)67)46(80)63-31(22-35(54)68)44(78)61-29(15-16-36(69)70)42(76)64-32(23-37(71)72)47(81)66-20-10-14-33(66)45(79)62-30(48(82)83)12-6-8-18-51/h24-33,38H,4-23,50-52H2,1-3H3,(H2,53,67)(H2,54,68)(H,58,75)(H,59,73)(H,60,74)(H,61,78)(H,62,79)(H,63,80)(H,64,76)(H,65,77)(H,69,70)(H,71,72)(H,82,83)(H4,55,56,57)/t24-,25-,26-,27-,28-,29-,30-,31-,32-,33-,38-/m0/s1. The largest absolute Gasteiger partial charge is 0.481 e. The minimum absolute atomic E-state index is 0.0139. The summed E-state index contributed by atoms with van der Waals surface area (Å²) in [5, 5.41) is 48.1. The fraction of sp³-hybridized carbons (Fsp3) is 0.694. The van der Waals surface area contributed by atoms with Crippen molar-refractivity contribution in [3.05, 3.63) is 0 Å². The van der Waals surface area contributed by atoms with Crippen LogP contribution in [0, 0.1) is 5.92 Å². The van der Waals surface area contributed by atoms with E-state index in [9.17, 15) is 82.4 Å². The Morgan fingerprint density at radius 2 is 1.04 bits per heavy atom. The van der Waals surface area contributed by atoms with E-state index in [1.807, 2.05) is 0 Å². The third-order valence-electron chi connectivity index (χ3n) is 13.2. The van der Waals surface area contributed by atoms with Crippen molar-refractivity contribution in [1.82, 2.24) is 47.4 Å². The molecule has 0 aliphatic carbocycles. The molecule has 0 aromatic rings. The molecule has 11 amide bonds. The highest BCUT2D eigenvalue weighted by Gasteiger charge is 2.41. The molecular formula is C49H85N17O17. The molecule has 1 aliphatic rings. The Morgan fingerprint density at radius 3 is 1.57 bits per heavy atom. The van der Waals surface area contributed by atoms with Crippen molar-refractivity contribution in [1.29, 1.82) is 0 Å². The lowest BCUT2D eigenvalue weighted by Gasteiger charge is -2.30. The molecule has 0 aromatic heterocycles. The SMILES string of the molecule is CC[C@H](C)[C@H](NC(=O)[C@H](CCCN=C(N)N)NC(=O)[C@H](C)NC(=O)[C@H](CCCCN)NC(=O)[C@@H](N)CC(N)=O)C(=O)N[C@@H](CC(N)=O)C(=O)N[C@@H](CCC(=O)O)C(=O)N[C@@H](CC(=O)O)C(=O)N1CCC[C@H]1C(=O)N[C@@H](CCCCN)C(=O)O. The molecule has 34 nitrogen and oxygen atoms in total. The van der Waals surface area contributed by atoms with Gasteiger partial charge in [-0.3, -0.25) is 67.3 Å². The van der Waals surface area contributed by atoms with E-state index in [2.05, 4.69) is 47.5 Å². The van der Waals surface area contributed by atoms with Crippen LogP contribution < -0.4 is 82.7 Å². The Labute approximate surface area is 478 Å². The number of carboxylic acids is 3. The molecule has 0 bridgehead atoms. The number of likely N-dealkylation sites (tertiary alicyclic amines) is 1. The van der Waals surface area contributed by atoms with E-state index in [1.54, 1.807) is 6.92 Å². The van der Waals surface area contributed by atoms with Crippen LogP contribution in [0.15, 0.2) is 4.99 Å². The van der Waals surface area contributed by atoms with Crippen LogP contribution in [-0.4, -0.2) is 196 Å². The number of aliphatic carboxylic acids is 3. The molecule has 0 aromatic carbocycles. The molecule has 1 heterocycles. The molecule has 0 spiro atoms. The summed E-state index contributed by atoms with van der Waals surface area (Å²) in [4.78, 5) is 188. The number of rotatable bonds is 41. The lowest BCUT2D eigenvalue weighted by molar-refractivity contribution is -0.147. The number of unbranched alkanes of at least 4 members (excludes halogenated alkanes) is 2. The number of carboxylic acid groups (broad SMARTS) is 3. The van der Waals surface area contributed by atoms with Gasteiger partial charge in [-0.15, -0.1) is 0 Å². The lowest BCUT2D eigenvalue weighted by atomic mass is 9.96. The minimum atomic E-state index is -1.95. The highest BCUT2D eigenvalue weighted by molar-refractivity contribution is 6.00. The molecule has 83 heavy (non-hydrogen) atoms. The van der Waals surface area contributed by atoms with Crippen LogP contribution in [0.3, 0.4) is 0 Å². The van der Waals surface area contributed by atoms with Gasteiger partial charge in [-0.2, -0.15) is 0 Å². The van der Waals surface area contributed by atoms with Crippen molar-refractivity contribution in [2.45, 2.75) is 184 Å². The number of nitrogens with two attached hydrogens (primary N) is 7. The summed E-state index contributed by atoms with van der Waals surface area (Å²) in [6.45, 7) is 4.79. The molecule has 1 rings (SSSR count). The summed E-state index contributed by atoms with van der Waals surface area (Å²) in [6, 6.07) is -15.5. The highest BCUT2D eigenvalue weighted by atomic mass is 16.4. The fourth-order valence-electron chi connectivity index (χ4n) is 8.40. The molecule has 34 heteroatoms. The normalized spacial score (nSPS) is 16.4. The van der Waals surface area contributed by atoms with Gasteiger partial charge in [0.05, 0.1) is 25.3 Å². The summed E-state index contributed by atoms with van der Waals surface area (Å²) < 4.78 is 0. The van der Waals surface area contributed by atoms with Crippen molar-refractivity contribution in [3.63, 3.8) is 0 Å². The van der Waals surface area contributed by atoms with Gasteiger partial charge in [-0.1, -0.05) is 20.3 Å². The first-order valence-electron chi connectivity index (χ1n) is 27.2. The number of carbonyl (C=O) groups is 14. The van der Waals surface area contributed by atoms with Gasteiger partial charge in [0.15, 0.2) is 5.96 Å². The summed E-state index contributed by atoms with van der Waals surface area (Å²) in [5.41, 5.74) is 38.4. The molecular weight excluding hydrogens is 1100 g/mol. The van der Waals surface area contributed by atoms with E-state index >= 15 is 0 Å². The van der Waals surface area contributed by atoms with Crippen LogP contribution in [0.2, 0.25) is 0 Å². The van der Waals surface area contributed by atoms with Gasteiger partial charge in [0.1, 0.15) is 54.4 Å². The number of nitrogens with zero attached hydrogens (tertiary/aromatic N) is 2. The van der Waals surface area contributed by atoms with Crippen LogP contribution >= 0.6 is 0 Å². The smallest absolute Gasteiger partial charge is 0.326 e. The number of aliphatic imine (C=N–C) groups is 1. The van der Waals surface area contributed by atoms with E-state index in [0.717, 1.165) is 4.90 Å². The van der Waals surface area contributed by atoms with Gasteiger partial charge in [-0.05, 0) is 96.6 Å². The maximum atomic E-state index is 14.2. The highest BCUT2D eigenvalue weighted by Crippen LogP contribution is 2.21. The number of hydrogen-bond donors (Lipinski definition) is 18. The summed E-state index contributed by atoms with van der Waals surface area (Å²) in [7, 11) is 0. The predicted molar refractivity (Wildman–Crippen MR) is 293 cm³/mol. The van der Waals surface area contributed by atoms with Crippen LogP contribution in [-0.2, 0) is 67.1 Å². The molecule has 468 valence electrons. The van der Waals surface area contributed by atoms with Gasteiger partial charge in [-0.25, -0.2) is 4.79 Å². The van der Waals surface area contributed by atoms with Gasteiger partial charge in [0.2, 0.25) is 65.0 Å². The summed E-state index contributed by atoms with van der Waals surface area (Å²) in [6.07, 6.45) is -2.10. The predicted octanol–water partition coefficient (Wildman–Crippen LogP) is -7.26. The quantitative estimate of drug-likeness (QED) is 0.0154. The molecule has 0 radical (unpaired) electrons. The zero-order valence-electron chi connectivity index (χ0n) is 47.0. The number of amides is 11. The van der Waals surface area contributed by atoms with E-state index in [4.69, 9.17) is 40.1 Å². The number of guanidine groups is 1. The molecule has 1 fully saturated rings. The lowest BCUT2D eigenvalue weighted by Crippen LogP contribution is -2.61. The second kappa shape index (κ2) is 37.7. The second-order valence-corrected chi connectivity index (χ2v) is 20.0. The summed E-state index contributed by atoms with van der Waals surface area (Å²) >= 11 is 0. The first-order valence-corrected chi connectivity index (χ1v) is 27.2. The topological polar surface area (TPSA) is 594 Å². The molecule has 1 saturated heterocycles. The van der Waals surface area contributed by atoms with Gasteiger partial charge in [0, 0.05) is 19.5 Å². The first-order chi connectivity index (χ1) is 39.0. The van der Waals surface area contributed by atoms with E-state index in [0.29, 0.717) is 25.7 Å². The van der Waals surface area contributed by atoms with Crippen molar-refractivity contribution in [2.75, 3.05) is 26.2 Å². The molecule has 25 N–H and O–H groups in total. The maximum absolute atomic E-state index is 14.2. The van der Waals surface area contributed by atoms with E-state index in [1.165, 1.54) is 13.8 Å². The average Bonchev–Trinajstić information content (AvgIpc) is 4.01. The third kappa shape index (κ3) is 27.4. The molecule has 0 saturated carbocycles. The van der Waals surface area contributed by atoms with Gasteiger partial charge < -0.3 is 103 Å². The fourth-order valence-corrected chi connectivity index (χ4v) is 8.40. The minimum Gasteiger partial charge on any atom is -0.481 e. The van der Waals surface area contributed by atoms with Crippen LogP contribution in [0.1, 0.15) is 124 Å². The van der Waals surface area contributed by atoms with Gasteiger partial charge in [0.25, 0.3) is 0 Å². The van der Waals surface area contributed by atoms with Crippen molar-refractivity contribution >= 4 is 88.8 Å². The molecule has 0 unspecified atom stereocenters. The zero-order chi connectivity index (χ0) is 63.1. The van der Waals surface area contributed by atoms with Crippen molar-refractivity contribution < 1.29 is 82.4 Å². The number of hydrogen-bond acceptors (Lipinski definition) is 18. The van der Waals surface area contributed by atoms with E-state index < -0.39 is 181 Å². The Hall–Kier alpha value is -8.27. The van der Waals surface area contributed by atoms with Crippen molar-refractivity contribution in [2.24, 2.45) is 51.0 Å². The van der Waals surface area contributed by atoms with Gasteiger partial charge >= 0.3 is 17.9 Å². The third-order valence-corrected chi connectivity index (χ3v) is 13.2. The Balaban J connectivity index is 3.51. The second-order valence-electron chi connectivity index (χ2n) is 20.0. The number of carbonyl (C=O) groups excluding carboxylic acids is 11. The Kier molecular flexibility index (Phi) is 33.0. The molecule has 11 atom stereocenters. The van der Waals surface area contributed by atoms with Crippen LogP contribution in [0.25, 0.3) is 0 Å². The Bertz CT molecular complexity index is 2320. The molecule has 1 aliphatic heterocycles. The van der Waals surface area contributed by atoms with E-state index in [-0.39, 0.29) is 77.1 Å². The van der Waals surface area contributed by atoms with Crippen molar-refractivity contribution in [3.8, 4) is 0 Å². The number of primary amides is 2. The zero-order valence-corrected chi connectivity index (χ0v) is 47.0.